The lowest BCUT2D eigenvalue weighted by molar-refractivity contribution is 0.0939. The molecule has 0 aliphatic heterocycles. The number of guanidine groups is 1. The lowest BCUT2D eigenvalue weighted by Crippen LogP contribution is -2.42. The van der Waals surface area contributed by atoms with Gasteiger partial charge >= 0.3 is 0 Å². The van der Waals surface area contributed by atoms with Gasteiger partial charge < -0.3 is 16.0 Å². The summed E-state index contributed by atoms with van der Waals surface area (Å²) in [5.41, 5.74) is 5.23. The summed E-state index contributed by atoms with van der Waals surface area (Å²) in [5.74, 6) is 0.695. The Labute approximate surface area is 180 Å². The Balaban J connectivity index is 1.94. The molecular formula is C23H36N6O. The fraction of sp³-hybridized carbons (Fsp3) is 0.522. The second-order valence-corrected chi connectivity index (χ2v) is 7.93. The number of rotatable bonds is 8. The maximum atomic E-state index is 12.4. The van der Waals surface area contributed by atoms with Crippen LogP contribution in [0.4, 0.5) is 0 Å². The zero-order chi connectivity index (χ0) is 22.3. The Kier molecular flexibility index (Phi) is 8.45. The Morgan fingerprint density at radius 3 is 2.53 bits per heavy atom. The molecule has 1 amide bonds. The second-order valence-electron chi connectivity index (χ2n) is 7.93. The van der Waals surface area contributed by atoms with Gasteiger partial charge in [0.1, 0.15) is 0 Å². The minimum atomic E-state index is -0.0375. The number of carbonyl (C=O) groups is 1. The summed E-state index contributed by atoms with van der Waals surface area (Å²) in [6.07, 6.45) is 1.78. The third-order valence-electron chi connectivity index (χ3n) is 5.41. The Morgan fingerprint density at radius 1 is 1.20 bits per heavy atom. The monoisotopic (exact) mass is 412 g/mol. The van der Waals surface area contributed by atoms with Crippen LogP contribution >= 0.6 is 0 Å². The van der Waals surface area contributed by atoms with E-state index in [0.29, 0.717) is 12.1 Å². The standard InChI is InChI=1S/C23H36N6O/c1-8-15(2)26-22(30)20-11-9-10-19(13-20)14-25-23(24-6)27-16(3)12-21-17(4)28-29(7)18(21)5/h9-11,13,15-16H,8,12,14H2,1-7H3,(H,26,30)(H2,24,25,27). The van der Waals surface area contributed by atoms with Crippen molar-refractivity contribution in [2.45, 2.75) is 66.1 Å². The molecule has 0 aliphatic carbocycles. The highest BCUT2D eigenvalue weighted by Gasteiger charge is 2.14. The molecule has 0 aliphatic rings. The number of hydrogen-bond donors (Lipinski definition) is 3. The first-order chi connectivity index (χ1) is 14.2. The third kappa shape index (κ3) is 6.34. The van der Waals surface area contributed by atoms with E-state index in [1.54, 1.807) is 7.05 Å². The van der Waals surface area contributed by atoms with Crippen molar-refractivity contribution in [3.63, 3.8) is 0 Å². The number of carbonyl (C=O) groups excluding carboxylic acids is 1. The van der Waals surface area contributed by atoms with Gasteiger partial charge in [0.25, 0.3) is 5.91 Å². The van der Waals surface area contributed by atoms with Crippen LogP contribution in [0.25, 0.3) is 0 Å². The van der Waals surface area contributed by atoms with Gasteiger partial charge in [-0.1, -0.05) is 19.1 Å². The number of benzene rings is 1. The molecule has 7 nitrogen and oxygen atoms in total. The molecule has 0 radical (unpaired) electrons. The van der Waals surface area contributed by atoms with E-state index in [2.05, 4.69) is 46.8 Å². The van der Waals surface area contributed by atoms with E-state index in [-0.39, 0.29) is 18.0 Å². The van der Waals surface area contributed by atoms with Crippen LogP contribution in [-0.2, 0) is 20.0 Å². The predicted octanol–water partition coefficient (Wildman–Crippen LogP) is 2.86. The van der Waals surface area contributed by atoms with Crippen molar-refractivity contribution >= 4 is 11.9 Å². The van der Waals surface area contributed by atoms with Crippen LogP contribution in [0.2, 0.25) is 0 Å². The summed E-state index contributed by atoms with van der Waals surface area (Å²) in [5, 5.41) is 14.3. The zero-order valence-electron chi connectivity index (χ0n) is 19.3. The van der Waals surface area contributed by atoms with Crippen LogP contribution in [0, 0.1) is 13.8 Å². The van der Waals surface area contributed by atoms with Crippen molar-refractivity contribution in [3.05, 3.63) is 52.3 Å². The molecule has 0 bridgehead atoms. The maximum absolute atomic E-state index is 12.4. The zero-order valence-corrected chi connectivity index (χ0v) is 19.3. The number of aliphatic imine (C=N–C) groups is 1. The molecule has 1 aromatic carbocycles. The molecule has 0 fully saturated rings. The topological polar surface area (TPSA) is 83.3 Å². The number of nitrogens with one attached hydrogen (secondary N) is 3. The van der Waals surface area contributed by atoms with Gasteiger partial charge in [0.05, 0.1) is 5.69 Å². The Morgan fingerprint density at radius 2 is 1.93 bits per heavy atom. The van der Waals surface area contributed by atoms with Gasteiger partial charge in [-0.25, -0.2) is 0 Å². The molecule has 2 atom stereocenters. The van der Waals surface area contributed by atoms with Crippen molar-refractivity contribution in [2.75, 3.05) is 7.05 Å². The molecule has 3 N–H and O–H groups in total. The lowest BCUT2D eigenvalue weighted by Gasteiger charge is -2.18. The summed E-state index contributed by atoms with van der Waals surface area (Å²) in [6, 6.07) is 8.04. The predicted molar refractivity (Wildman–Crippen MR) is 123 cm³/mol. The molecule has 0 saturated heterocycles. The highest BCUT2D eigenvalue weighted by Crippen LogP contribution is 2.14. The Bertz CT molecular complexity index is 886. The number of aromatic nitrogens is 2. The van der Waals surface area contributed by atoms with Gasteiger partial charge in [0.2, 0.25) is 0 Å². The molecule has 1 aromatic heterocycles. The number of nitrogens with zero attached hydrogens (tertiary/aromatic N) is 3. The minimum Gasteiger partial charge on any atom is -0.354 e. The fourth-order valence-corrected chi connectivity index (χ4v) is 3.32. The van der Waals surface area contributed by atoms with E-state index in [1.807, 2.05) is 49.8 Å². The van der Waals surface area contributed by atoms with Crippen molar-refractivity contribution in [1.82, 2.24) is 25.7 Å². The summed E-state index contributed by atoms with van der Waals surface area (Å²) in [7, 11) is 3.74. The lowest BCUT2D eigenvalue weighted by atomic mass is 10.1. The van der Waals surface area contributed by atoms with Crippen LogP contribution in [-0.4, -0.2) is 40.8 Å². The van der Waals surface area contributed by atoms with E-state index >= 15 is 0 Å². The van der Waals surface area contributed by atoms with E-state index in [1.165, 1.54) is 11.3 Å². The molecule has 0 saturated carbocycles. The van der Waals surface area contributed by atoms with Crippen LogP contribution in [0.15, 0.2) is 29.3 Å². The van der Waals surface area contributed by atoms with Crippen LogP contribution < -0.4 is 16.0 Å². The van der Waals surface area contributed by atoms with Gasteiger partial charge in [-0.05, 0) is 63.8 Å². The van der Waals surface area contributed by atoms with E-state index < -0.39 is 0 Å². The first kappa shape index (κ1) is 23.4. The average Bonchev–Trinajstić information content (AvgIpc) is 2.97. The SMILES string of the molecule is CCC(C)NC(=O)c1cccc(CNC(=NC)NC(C)Cc2c(C)nn(C)c2C)c1. The fourth-order valence-electron chi connectivity index (χ4n) is 3.32. The maximum Gasteiger partial charge on any atom is 0.251 e. The molecular weight excluding hydrogens is 376 g/mol. The number of amides is 1. The highest BCUT2D eigenvalue weighted by atomic mass is 16.1. The van der Waals surface area contributed by atoms with Gasteiger partial charge in [-0.3, -0.25) is 14.5 Å². The van der Waals surface area contributed by atoms with Crippen LogP contribution in [0.5, 0.6) is 0 Å². The molecule has 2 unspecified atom stereocenters. The minimum absolute atomic E-state index is 0.0375. The van der Waals surface area contributed by atoms with Gasteiger partial charge in [0.15, 0.2) is 5.96 Å². The largest absolute Gasteiger partial charge is 0.354 e. The van der Waals surface area contributed by atoms with E-state index in [0.717, 1.165) is 30.1 Å². The van der Waals surface area contributed by atoms with Crippen molar-refractivity contribution in [1.29, 1.82) is 0 Å². The smallest absolute Gasteiger partial charge is 0.251 e. The van der Waals surface area contributed by atoms with Gasteiger partial charge in [-0.15, -0.1) is 0 Å². The highest BCUT2D eigenvalue weighted by molar-refractivity contribution is 5.94. The summed E-state index contributed by atoms with van der Waals surface area (Å²) in [4.78, 5) is 16.7. The van der Waals surface area contributed by atoms with Crippen LogP contribution in [0.3, 0.4) is 0 Å². The molecule has 2 rings (SSSR count). The van der Waals surface area contributed by atoms with Gasteiger partial charge in [-0.2, -0.15) is 5.10 Å². The second kappa shape index (κ2) is 10.8. The molecule has 1 heterocycles. The van der Waals surface area contributed by atoms with E-state index in [4.69, 9.17) is 0 Å². The summed E-state index contributed by atoms with van der Waals surface area (Å²) in [6.45, 7) is 10.9. The first-order valence-electron chi connectivity index (χ1n) is 10.6. The first-order valence-corrected chi connectivity index (χ1v) is 10.6. The molecule has 0 spiro atoms. The summed E-state index contributed by atoms with van der Waals surface area (Å²) >= 11 is 0. The molecule has 2 aromatic rings. The van der Waals surface area contributed by atoms with Crippen molar-refractivity contribution < 1.29 is 4.79 Å². The quantitative estimate of drug-likeness (QED) is 0.460. The average molecular weight is 413 g/mol. The molecule has 30 heavy (non-hydrogen) atoms. The normalized spacial score (nSPS) is 13.6. The van der Waals surface area contributed by atoms with Crippen LogP contribution in [0.1, 0.15) is 60.1 Å². The number of aryl methyl sites for hydroxylation is 2. The van der Waals surface area contributed by atoms with E-state index in [9.17, 15) is 4.79 Å². The van der Waals surface area contributed by atoms with Gasteiger partial charge in [0, 0.05) is 44.0 Å². The molecule has 164 valence electrons. The third-order valence-corrected chi connectivity index (χ3v) is 5.41. The van der Waals surface area contributed by atoms with Crippen molar-refractivity contribution in [3.8, 4) is 0 Å². The Hall–Kier alpha value is -2.83. The molecule has 7 heteroatoms. The van der Waals surface area contributed by atoms with Crippen molar-refractivity contribution in [2.24, 2.45) is 12.0 Å². The number of hydrogen-bond acceptors (Lipinski definition) is 3. The summed E-state index contributed by atoms with van der Waals surface area (Å²) < 4.78 is 1.93.